The molecule has 0 saturated carbocycles. The number of nitrogens with zero attached hydrogens (tertiary/aromatic N) is 1. The molecule has 0 aliphatic heterocycles. The second-order valence-corrected chi connectivity index (χ2v) is 4.83. The maximum absolute atomic E-state index is 11.9. The van der Waals surface area contributed by atoms with Gasteiger partial charge in [0.25, 0.3) is 0 Å². The highest BCUT2D eigenvalue weighted by Gasteiger charge is 2.08. The van der Waals surface area contributed by atoms with Crippen LogP contribution in [0.3, 0.4) is 0 Å². The van der Waals surface area contributed by atoms with Crippen molar-refractivity contribution in [3.05, 3.63) is 54.4 Å². The molecule has 6 nitrogen and oxygen atoms in total. The average Bonchev–Trinajstić information content (AvgIpc) is 2.90. The van der Waals surface area contributed by atoms with E-state index in [1.165, 1.54) is 13.2 Å². The van der Waals surface area contributed by atoms with Crippen LogP contribution >= 0.6 is 0 Å². The molecule has 1 heterocycles. The minimum Gasteiger partial charge on any atom is -0.504 e. The molecule has 1 aromatic heterocycles. The second kappa shape index (κ2) is 6.71. The zero-order chi connectivity index (χ0) is 16.1. The number of methoxy groups -OCH3 is 1. The number of benzene rings is 1. The van der Waals surface area contributed by atoms with E-state index < -0.39 is 0 Å². The van der Waals surface area contributed by atoms with Gasteiger partial charge in [0.1, 0.15) is 0 Å². The largest absolute Gasteiger partial charge is 0.504 e. The first-order valence-corrected chi connectivity index (χ1v) is 6.72. The summed E-state index contributed by atoms with van der Waals surface area (Å²) in [4.78, 5) is 11.9. The van der Waals surface area contributed by atoms with Gasteiger partial charge >= 0.3 is 0 Å². The maximum atomic E-state index is 11.9. The Hall–Kier alpha value is -2.89. The predicted molar refractivity (Wildman–Crippen MR) is 84.1 cm³/mol. The molecule has 2 aromatic rings. The van der Waals surface area contributed by atoms with E-state index in [1.54, 1.807) is 12.1 Å². The molecule has 0 atom stereocenters. The summed E-state index contributed by atoms with van der Waals surface area (Å²) >= 11 is 0. The summed E-state index contributed by atoms with van der Waals surface area (Å²) in [6, 6.07) is 8.59. The van der Waals surface area contributed by atoms with Gasteiger partial charge in [-0.05, 0) is 30.3 Å². The number of carbonyl (C=O) groups is 1. The first-order valence-electron chi connectivity index (χ1n) is 6.72. The summed E-state index contributed by atoms with van der Waals surface area (Å²) in [5, 5.41) is 9.56. The third-order valence-electron chi connectivity index (χ3n) is 3.27. The number of ether oxygens (including phenoxy) is 1. The van der Waals surface area contributed by atoms with Gasteiger partial charge < -0.3 is 14.4 Å². The fourth-order valence-corrected chi connectivity index (χ4v) is 1.97. The number of aryl methyl sites for hydroxylation is 1. The van der Waals surface area contributed by atoms with Gasteiger partial charge in [0.2, 0.25) is 5.91 Å². The summed E-state index contributed by atoms with van der Waals surface area (Å²) < 4.78 is 6.92. The van der Waals surface area contributed by atoms with Gasteiger partial charge in [-0.25, -0.2) is 0 Å². The lowest BCUT2D eigenvalue weighted by molar-refractivity contribution is -0.121. The van der Waals surface area contributed by atoms with E-state index in [9.17, 15) is 9.90 Å². The van der Waals surface area contributed by atoms with Crippen LogP contribution in [-0.2, 0) is 18.3 Å². The number of hydrogen-bond donors (Lipinski definition) is 3. The van der Waals surface area contributed by atoms with Crippen molar-refractivity contribution in [2.24, 2.45) is 7.05 Å². The Labute approximate surface area is 129 Å². The van der Waals surface area contributed by atoms with Crippen LogP contribution in [0.2, 0.25) is 0 Å². The van der Waals surface area contributed by atoms with Crippen molar-refractivity contribution in [3.8, 4) is 11.5 Å². The Morgan fingerprint density at radius 2 is 2.14 bits per heavy atom. The predicted octanol–water partition coefficient (Wildman–Crippen LogP) is 1.57. The van der Waals surface area contributed by atoms with E-state index in [2.05, 4.69) is 17.4 Å². The van der Waals surface area contributed by atoms with Gasteiger partial charge in [-0.2, -0.15) is 0 Å². The number of hydrogen-bond acceptors (Lipinski definition) is 4. The Morgan fingerprint density at radius 3 is 2.77 bits per heavy atom. The molecule has 6 heteroatoms. The molecule has 116 valence electrons. The molecule has 0 radical (unpaired) electrons. The first-order chi connectivity index (χ1) is 10.5. The fourth-order valence-electron chi connectivity index (χ4n) is 1.97. The van der Waals surface area contributed by atoms with Crippen LogP contribution in [0.1, 0.15) is 11.3 Å². The van der Waals surface area contributed by atoms with Gasteiger partial charge in [-0.15, -0.1) is 0 Å². The Kier molecular flexibility index (Phi) is 4.73. The topological polar surface area (TPSA) is 75.5 Å². The molecule has 3 N–H and O–H groups in total. The summed E-state index contributed by atoms with van der Waals surface area (Å²) in [6.45, 7) is 3.85. The van der Waals surface area contributed by atoms with E-state index in [1.807, 2.05) is 29.9 Å². The number of aromatic nitrogens is 1. The molecule has 0 bridgehead atoms. The van der Waals surface area contributed by atoms with Crippen molar-refractivity contribution in [2.45, 2.75) is 6.42 Å². The van der Waals surface area contributed by atoms with E-state index >= 15 is 0 Å². The molecule has 2 rings (SSSR count). The lowest BCUT2D eigenvalue weighted by Gasteiger charge is -2.13. The smallest absolute Gasteiger partial charge is 0.244 e. The summed E-state index contributed by atoms with van der Waals surface area (Å²) in [7, 11) is 3.36. The van der Waals surface area contributed by atoms with Gasteiger partial charge in [-0.3, -0.25) is 15.6 Å². The number of nitrogens with one attached hydrogen (secondary N) is 2. The normalized spacial score (nSPS) is 10.1. The first kappa shape index (κ1) is 15.5. The molecule has 0 aliphatic carbocycles. The zero-order valence-corrected chi connectivity index (χ0v) is 12.6. The number of phenols is 1. The summed E-state index contributed by atoms with van der Waals surface area (Å²) in [5.41, 5.74) is 7.47. The lowest BCUT2D eigenvalue weighted by Crippen LogP contribution is -2.37. The molecule has 1 aromatic carbocycles. The van der Waals surface area contributed by atoms with Crippen LogP contribution < -0.4 is 15.6 Å². The highest BCUT2D eigenvalue weighted by atomic mass is 16.5. The second-order valence-electron chi connectivity index (χ2n) is 4.83. The number of carbonyl (C=O) groups excluding carboxylic acids is 1. The fraction of sp³-hybridized carbons (Fsp3) is 0.188. The molecule has 0 saturated heterocycles. The third kappa shape index (κ3) is 3.60. The number of amides is 1. The van der Waals surface area contributed by atoms with Gasteiger partial charge in [0, 0.05) is 24.5 Å². The van der Waals surface area contributed by atoms with E-state index in [4.69, 9.17) is 4.74 Å². The Morgan fingerprint density at radius 1 is 1.36 bits per heavy atom. The van der Waals surface area contributed by atoms with Crippen LogP contribution in [0.25, 0.3) is 5.70 Å². The quantitative estimate of drug-likeness (QED) is 0.708. The minimum atomic E-state index is -0.173. The van der Waals surface area contributed by atoms with Crippen molar-refractivity contribution < 1.29 is 14.6 Å². The molecular weight excluding hydrogens is 282 g/mol. The Balaban J connectivity index is 1.92. The third-order valence-corrected chi connectivity index (χ3v) is 3.27. The van der Waals surface area contributed by atoms with Crippen LogP contribution in [0, 0.1) is 0 Å². The minimum absolute atomic E-state index is 0.0480. The lowest BCUT2D eigenvalue weighted by atomic mass is 10.1. The van der Waals surface area contributed by atoms with Crippen LogP contribution in [0.15, 0.2) is 43.1 Å². The van der Waals surface area contributed by atoms with Crippen LogP contribution in [-0.4, -0.2) is 22.7 Å². The van der Waals surface area contributed by atoms with Crippen molar-refractivity contribution in [2.75, 3.05) is 7.11 Å². The van der Waals surface area contributed by atoms with Gasteiger partial charge in [0.05, 0.1) is 19.2 Å². The monoisotopic (exact) mass is 301 g/mol. The highest BCUT2D eigenvalue weighted by Crippen LogP contribution is 2.27. The van der Waals surface area contributed by atoms with Crippen molar-refractivity contribution in [1.29, 1.82) is 0 Å². The average molecular weight is 301 g/mol. The van der Waals surface area contributed by atoms with Crippen molar-refractivity contribution >= 4 is 11.6 Å². The van der Waals surface area contributed by atoms with Crippen LogP contribution in [0.4, 0.5) is 0 Å². The molecular formula is C16H19N3O3. The molecule has 0 fully saturated rings. The molecule has 0 aliphatic rings. The van der Waals surface area contributed by atoms with E-state index in [0.717, 1.165) is 5.69 Å². The number of rotatable bonds is 6. The SMILES string of the molecule is C=C(NNC(=O)Cc1cccn1C)c1ccc(O)c(OC)c1. The van der Waals surface area contributed by atoms with E-state index in [0.29, 0.717) is 17.0 Å². The molecule has 22 heavy (non-hydrogen) atoms. The van der Waals surface area contributed by atoms with Crippen molar-refractivity contribution in [1.82, 2.24) is 15.4 Å². The van der Waals surface area contributed by atoms with Crippen LogP contribution in [0.5, 0.6) is 11.5 Å². The van der Waals surface area contributed by atoms with Gasteiger partial charge in [0.15, 0.2) is 11.5 Å². The zero-order valence-electron chi connectivity index (χ0n) is 12.6. The summed E-state index contributed by atoms with van der Waals surface area (Å²) in [6.07, 6.45) is 2.15. The number of phenolic OH excluding ortho intramolecular Hbond substituents is 1. The standard InChI is InChI=1S/C16H19N3O3/c1-11(12-6-7-14(20)15(9-12)22-3)17-18-16(21)10-13-5-4-8-19(13)2/h4-9,17,20H,1,10H2,2-3H3,(H,18,21). The highest BCUT2D eigenvalue weighted by molar-refractivity contribution is 5.79. The maximum Gasteiger partial charge on any atom is 0.244 e. The summed E-state index contributed by atoms with van der Waals surface area (Å²) in [5.74, 6) is 0.219. The Bertz CT molecular complexity index is 692. The molecule has 0 spiro atoms. The van der Waals surface area contributed by atoms with Gasteiger partial charge in [-0.1, -0.05) is 6.58 Å². The van der Waals surface area contributed by atoms with Crippen molar-refractivity contribution in [3.63, 3.8) is 0 Å². The number of hydrazine groups is 1. The molecule has 1 amide bonds. The number of aromatic hydroxyl groups is 1. The molecule has 0 unspecified atom stereocenters. The van der Waals surface area contributed by atoms with E-state index in [-0.39, 0.29) is 18.1 Å².